The maximum absolute atomic E-state index is 12.1. The van der Waals surface area contributed by atoms with E-state index in [1.807, 2.05) is 75.9 Å². The van der Waals surface area contributed by atoms with Crippen LogP contribution in [0.1, 0.15) is 136 Å². The molecule has 3 aromatic carbocycles. The number of piperidine rings is 3. The molecule has 0 amide bonds. The van der Waals surface area contributed by atoms with Crippen LogP contribution < -0.4 is 54.4 Å². The summed E-state index contributed by atoms with van der Waals surface area (Å²) < 4.78 is 68.4. The second kappa shape index (κ2) is 45.2. The molecule has 33 nitrogen and oxygen atoms in total. The van der Waals surface area contributed by atoms with Crippen molar-refractivity contribution in [3.8, 4) is 0 Å². The topological polar surface area (TPSA) is 340 Å². The van der Waals surface area contributed by atoms with Gasteiger partial charge in [-0.25, -0.2) is 56.9 Å². The molecule has 9 aromatic heterocycles. The summed E-state index contributed by atoms with van der Waals surface area (Å²) in [5.74, 6) is 8.10. The number of sulfonamides is 2. The number of primary sulfonamides is 1. The van der Waals surface area contributed by atoms with Crippen molar-refractivity contribution in [2.24, 2.45) is 5.14 Å². The van der Waals surface area contributed by atoms with Crippen LogP contribution >= 0.6 is 108 Å². The minimum atomic E-state index is -3.55. The Hall–Kier alpha value is -5.82. The Morgan fingerprint density at radius 3 is 1.20 bits per heavy atom. The largest absolute Gasteiger partial charge is 0.378 e. The van der Waals surface area contributed by atoms with Crippen LogP contribution in [0.5, 0.6) is 0 Å². The standard InChI is InChI=1S/C28H35N9O3S.C27H31ClN8O.C18H26N6O.C9H6Cl2N2.CH5NO2S.CH4.H11P9/c1-19-7-5-8-20-26(19)27(31-28(29-20)33-41(2,38)39)36-12-4-3-9-22(36)21-17-24-30-23(34-10-6-11-34)18-25(37(24)32-21)35-13-15-40-16-14-35;1-18-6-4-7-19-25(18)26(31-27(28)29-19)35-11-3-2-8-21(35)20-16-23-30-22(33-9-5-10-33)17-24(36(23)32-20)34-12-14-37-15-13-34;1-2-5-19-14(4-1)15-12-17-20-16(22-6-3-7-22)13-18(24(17)21-15)23-8-10-25-11-9-23;1-5-3-2-4-6-7(5)8(10)13-9(11)12-6;1-5(2,3)4;;1-6-9(7(2)3)8(4)5/h5,7-8,17-18,22H,3-4,6,9-16H2,1-2H3,(H,29,31,33);4,6-7,16-17,21H,2-3,5,8-15H2,1H3;12-14,19H,1-11H2;2-4H,1H3;1H3,(H2,2,3,4);1H4;6H,1-5H2. The molecule has 9 saturated heterocycles. The highest BCUT2D eigenvalue weighted by Gasteiger charge is 2.36. The number of aromatic nitrogens is 15. The molecule has 0 spiro atoms. The molecule has 9 unspecified atom stereocenters. The van der Waals surface area contributed by atoms with Gasteiger partial charge in [-0.05, 0) is 177 Å². The smallest absolute Gasteiger partial charge is 0.239 e. The van der Waals surface area contributed by atoms with Crippen LogP contribution in [-0.4, -0.2) is 241 Å². The van der Waals surface area contributed by atoms with Crippen LogP contribution in [0.2, 0.25) is 15.7 Å². The zero-order valence-electron chi connectivity index (χ0n) is 73.6. The summed E-state index contributed by atoms with van der Waals surface area (Å²) in [6.07, 6.45) is 15.6. The highest BCUT2D eigenvalue weighted by molar-refractivity contribution is 9.10. The summed E-state index contributed by atoms with van der Waals surface area (Å²) in [6, 6.07) is 31.2. The van der Waals surface area contributed by atoms with E-state index in [1.54, 1.807) is 0 Å². The lowest BCUT2D eigenvalue weighted by Crippen LogP contribution is -2.40. The summed E-state index contributed by atoms with van der Waals surface area (Å²) in [7, 11) is 8.92. The number of hydrogen-bond acceptors (Lipinski definition) is 28. The van der Waals surface area contributed by atoms with Crippen LogP contribution in [0.4, 0.5) is 52.5 Å². The van der Waals surface area contributed by atoms with E-state index in [1.165, 1.54) is 32.1 Å². The zero-order valence-corrected chi connectivity index (χ0v) is 87.0. The summed E-state index contributed by atoms with van der Waals surface area (Å²) in [6.45, 7) is 25.5. The third-order valence-electron chi connectivity index (χ3n) is 24.2. The van der Waals surface area contributed by atoms with E-state index in [2.05, 4.69) is 168 Å². The molecule has 131 heavy (non-hydrogen) atoms. The van der Waals surface area contributed by atoms with E-state index in [0.29, 0.717) is 36.9 Å². The molecule has 12 aromatic rings. The number of nitrogens with two attached hydrogens (primary N) is 1. The number of halogens is 3. The molecule has 9 fully saturated rings. The minimum Gasteiger partial charge on any atom is -0.378 e. The lowest BCUT2D eigenvalue weighted by atomic mass is 9.98. The molecule has 9 aliphatic heterocycles. The predicted molar refractivity (Wildman–Crippen MR) is 561 cm³/mol. The summed E-state index contributed by atoms with van der Waals surface area (Å²) in [4.78, 5) is 60.3. The third kappa shape index (κ3) is 24.5. The van der Waals surface area contributed by atoms with Crippen LogP contribution in [0.3, 0.4) is 0 Å². The highest BCUT2D eigenvalue weighted by atomic mass is 35.5. The molecular formula is C84H118Cl3N26O7P9S2. The molecule has 4 N–H and O–H groups in total. The van der Waals surface area contributed by atoms with Crippen molar-refractivity contribution in [3.05, 3.63) is 140 Å². The van der Waals surface area contributed by atoms with Crippen molar-refractivity contribution >= 4 is 231 Å². The minimum absolute atomic E-state index is 0. The Kier molecular flexibility index (Phi) is 34.4. The Bertz CT molecular complexity index is 6220. The summed E-state index contributed by atoms with van der Waals surface area (Å²) in [5, 5.41) is 27.0. The number of anilines is 9. The first kappa shape index (κ1) is 99.7. The van der Waals surface area contributed by atoms with Gasteiger partial charge in [-0.1, -0.05) is 69.8 Å². The van der Waals surface area contributed by atoms with Crippen molar-refractivity contribution in [1.82, 2.24) is 79.0 Å². The second-order valence-electron chi connectivity index (χ2n) is 33.4. The summed E-state index contributed by atoms with van der Waals surface area (Å²) >= 11 is 18.0. The Labute approximate surface area is 797 Å². The molecule has 0 bridgehead atoms. The number of morpholine rings is 3. The van der Waals surface area contributed by atoms with Gasteiger partial charge in [0.1, 0.15) is 51.7 Å². The van der Waals surface area contributed by atoms with Gasteiger partial charge >= 0.3 is 0 Å². The zero-order chi connectivity index (χ0) is 91.1. The second-order valence-corrected chi connectivity index (χ2v) is 68.5. The lowest BCUT2D eigenvalue weighted by molar-refractivity contribution is 0.122. The Morgan fingerprint density at radius 1 is 0.450 bits per heavy atom. The number of benzene rings is 3. The van der Waals surface area contributed by atoms with Gasteiger partial charge in [-0.3, -0.25) is 4.72 Å². The quantitative estimate of drug-likeness (QED) is 0.0459. The van der Waals surface area contributed by atoms with Crippen LogP contribution in [0, 0.1) is 20.8 Å². The SMILES string of the molecule is C.CS(N)(=O)=O.Cc1cccc2nc(Cl)nc(Cl)c12.Cc1cccc2nc(Cl)nc(N3CCCCC3c3cc4nc(N5CCC5)cc(N5CCOCC5)n4n3)c12.Cc1cccc2nc(NS(C)(=O)=O)nc(N3CCCCC3c3cc4nc(N5CCC5)cc(N5CCOCC5)n4n3)c12.PPP(P(P)P)P(P)P.c1c(N2CCC2)nc2cc(C3CCCCN3)nn2c1N1CCOCC1. The number of hydrogen-bond donors (Lipinski definition) is 3. The first-order valence-electron chi connectivity index (χ1n) is 44.0. The fourth-order valence-electron chi connectivity index (χ4n) is 17.4. The number of ether oxygens (including phenoxy) is 3. The lowest BCUT2D eigenvalue weighted by Gasteiger charge is -2.36. The monoisotopic (exact) mass is 2050 g/mol. The van der Waals surface area contributed by atoms with Gasteiger partial charge in [0, 0.05) is 144 Å². The van der Waals surface area contributed by atoms with Crippen molar-refractivity contribution < 1.29 is 31.0 Å². The maximum atomic E-state index is 12.1. The van der Waals surface area contributed by atoms with E-state index in [4.69, 9.17) is 89.2 Å². The number of fused-ring (bicyclic) bond motifs is 6. The van der Waals surface area contributed by atoms with Crippen molar-refractivity contribution in [3.63, 3.8) is 0 Å². The van der Waals surface area contributed by atoms with Gasteiger partial charge in [0.2, 0.25) is 36.6 Å². The average Bonchev–Trinajstić information content (AvgIpc) is 1.64. The number of nitrogens with zero attached hydrogens (tertiary/aromatic N) is 23. The normalized spacial score (nSPS) is 19.2. The number of nitrogens with one attached hydrogen (secondary N) is 2. The molecule has 0 radical (unpaired) electrons. The van der Waals surface area contributed by atoms with Crippen molar-refractivity contribution in [2.75, 3.05) is 194 Å². The fraction of sp³-hybridized carbons (Fsp3) is 0.500. The third-order valence-corrected chi connectivity index (χ3v) is 69.6. The number of rotatable bonds is 16. The van der Waals surface area contributed by atoms with Gasteiger partial charge in [-0.2, -0.15) is 38.8 Å². The predicted octanol–water partition coefficient (Wildman–Crippen LogP) is 16.7. The van der Waals surface area contributed by atoms with Crippen molar-refractivity contribution in [2.45, 2.75) is 123 Å². The Morgan fingerprint density at radius 2 is 0.824 bits per heavy atom. The fourth-order valence-corrected chi connectivity index (χ4v) is 79.7. The Balaban J connectivity index is 0.000000133. The molecule has 47 heteroatoms. The highest BCUT2D eigenvalue weighted by Crippen LogP contribution is 3.04. The molecule has 18 heterocycles. The molecule has 704 valence electrons. The van der Waals surface area contributed by atoms with E-state index in [9.17, 15) is 16.8 Å². The van der Waals surface area contributed by atoms with E-state index >= 15 is 0 Å². The van der Waals surface area contributed by atoms with E-state index in [-0.39, 0.29) is 50.0 Å². The van der Waals surface area contributed by atoms with Crippen molar-refractivity contribution in [1.29, 1.82) is 0 Å². The average molecular weight is 2050 g/mol. The molecular weight excluding hydrogens is 1930 g/mol. The van der Waals surface area contributed by atoms with Gasteiger partial charge in [-0.15, -0.1) is 44.6 Å². The van der Waals surface area contributed by atoms with Gasteiger partial charge in [0.15, 0.2) is 16.9 Å². The first-order valence-corrected chi connectivity index (χ1v) is 64.5. The van der Waals surface area contributed by atoms with Crippen LogP contribution in [0.25, 0.3) is 49.7 Å². The maximum Gasteiger partial charge on any atom is 0.239 e. The van der Waals surface area contributed by atoms with Crippen LogP contribution in [-0.2, 0) is 34.3 Å². The van der Waals surface area contributed by atoms with E-state index < -0.39 is 20.0 Å². The van der Waals surface area contributed by atoms with Gasteiger partial charge in [0.05, 0.1) is 104 Å². The number of aryl methyl sites for hydroxylation is 3. The molecule has 9 aliphatic rings. The summed E-state index contributed by atoms with van der Waals surface area (Å²) in [5.41, 5.74) is 11.4. The van der Waals surface area contributed by atoms with Gasteiger partial charge < -0.3 is 58.7 Å². The van der Waals surface area contributed by atoms with Crippen LogP contribution in [0.15, 0.2) is 91.0 Å². The molecule has 0 saturated carbocycles. The molecule has 9 atom stereocenters. The molecule has 21 rings (SSSR count). The van der Waals surface area contributed by atoms with E-state index in [0.717, 1.165) is 314 Å². The molecule has 0 aliphatic carbocycles. The van der Waals surface area contributed by atoms with Gasteiger partial charge in [0.25, 0.3) is 0 Å². The first-order chi connectivity index (χ1) is 62.6.